The maximum atomic E-state index is 13.1. The number of hydrogen-bond donors (Lipinski definition) is 1. The number of primary amides is 1. The Morgan fingerprint density at radius 1 is 1.07 bits per heavy atom. The summed E-state index contributed by atoms with van der Waals surface area (Å²) < 4.78 is 33.5. The van der Waals surface area contributed by atoms with E-state index in [1.807, 2.05) is 0 Å². The number of halogens is 2. The minimum absolute atomic E-state index is 0.0349. The van der Waals surface area contributed by atoms with E-state index in [1.165, 1.54) is 16.4 Å². The molecule has 6 nitrogen and oxygen atoms in total. The van der Waals surface area contributed by atoms with Gasteiger partial charge in [0.2, 0.25) is 15.9 Å². The van der Waals surface area contributed by atoms with Crippen LogP contribution in [0.2, 0.25) is 10.0 Å². The summed E-state index contributed by atoms with van der Waals surface area (Å²) >= 11 is 11.8. The van der Waals surface area contributed by atoms with Crippen molar-refractivity contribution in [3.8, 4) is 5.75 Å². The molecule has 1 amide bonds. The van der Waals surface area contributed by atoms with Gasteiger partial charge in [-0.3, -0.25) is 4.79 Å². The Hall–Kier alpha value is -1.80. The highest BCUT2D eigenvalue weighted by Gasteiger charge is 2.42. The Bertz CT molecular complexity index is 965. The Morgan fingerprint density at radius 2 is 1.66 bits per heavy atom. The SMILES string of the molecule is NC(=O)CC1(COc2ccc(Cl)cc2)CCCN(S(=O)(=O)c2ccc(Cl)cc2)C1. The molecule has 156 valence electrons. The second-order valence-corrected chi connectivity index (χ2v) is 10.1. The fourth-order valence-corrected chi connectivity index (χ4v) is 5.42. The first kappa shape index (κ1) is 21.9. The Kier molecular flexibility index (Phi) is 6.73. The molecule has 0 saturated carbocycles. The van der Waals surface area contributed by atoms with E-state index in [0.717, 1.165) is 0 Å². The van der Waals surface area contributed by atoms with Crippen LogP contribution in [0.1, 0.15) is 19.3 Å². The Balaban J connectivity index is 1.82. The Morgan fingerprint density at radius 3 is 2.24 bits per heavy atom. The average molecular weight is 457 g/mol. The summed E-state index contributed by atoms with van der Waals surface area (Å²) in [5.74, 6) is 0.103. The highest BCUT2D eigenvalue weighted by Crippen LogP contribution is 2.37. The fourth-order valence-electron chi connectivity index (χ4n) is 3.57. The molecule has 2 N–H and O–H groups in total. The minimum Gasteiger partial charge on any atom is -0.493 e. The van der Waals surface area contributed by atoms with Crippen molar-refractivity contribution in [2.45, 2.75) is 24.2 Å². The van der Waals surface area contributed by atoms with E-state index >= 15 is 0 Å². The molecule has 29 heavy (non-hydrogen) atoms. The normalized spacial score (nSPS) is 20.3. The van der Waals surface area contributed by atoms with Crippen molar-refractivity contribution in [2.75, 3.05) is 19.7 Å². The molecule has 0 aromatic heterocycles. The third kappa shape index (κ3) is 5.42. The van der Waals surface area contributed by atoms with Gasteiger partial charge >= 0.3 is 0 Å². The van der Waals surface area contributed by atoms with Gasteiger partial charge in [-0.15, -0.1) is 0 Å². The van der Waals surface area contributed by atoms with Crippen molar-refractivity contribution >= 4 is 39.1 Å². The van der Waals surface area contributed by atoms with Crippen LogP contribution >= 0.6 is 23.2 Å². The molecule has 1 unspecified atom stereocenters. The van der Waals surface area contributed by atoms with E-state index in [4.69, 9.17) is 33.7 Å². The van der Waals surface area contributed by atoms with Crippen molar-refractivity contribution in [1.29, 1.82) is 0 Å². The highest BCUT2D eigenvalue weighted by molar-refractivity contribution is 7.89. The third-order valence-corrected chi connectivity index (χ3v) is 7.35. The number of sulfonamides is 1. The summed E-state index contributed by atoms with van der Waals surface area (Å²) in [5.41, 5.74) is 4.78. The molecule has 1 fully saturated rings. The zero-order valence-electron chi connectivity index (χ0n) is 15.7. The van der Waals surface area contributed by atoms with E-state index in [2.05, 4.69) is 0 Å². The van der Waals surface area contributed by atoms with Gasteiger partial charge in [0, 0.05) is 35.0 Å². The van der Waals surface area contributed by atoms with Crippen molar-refractivity contribution in [3.05, 3.63) is 58.6 Å². The number of hydrogen-bond acceptors (Lipinski definition) is 4. The number of carbonyl (C=O) groups is 1. The predicted octanol–water partition coefficient (Wildman–Crippen LogP) is 3.72. The van der Waals surface area contributed by atoms with Crippen LogP contribution in [0.5, 0.6) is 5.75 Å². The standard InChI is InChI=1S/C20H22Cl2N2O4S/c21-15-2-6-17(7-3-15)28-14-20(12-19(23)25)10-1-11-24(13-20)29(26,27)18-8-4-16(22)5-9-18/h2-9H,1,10-14H2,(H2,23,25). The van der Waals surface area contributed by atoms with E-state index in [-0.39, 0.29) is 24.5 Å². The number of ether oxygens (including phenoxy) is 1. The molecule has 0 bridgehead atoms. The number of nitrogens with two attached hydrogens (primary N) is 1. The van der Waals surface area contributed by atoms with Gasteiger partial charge in [0.15, 0.2) is 0 Å². The molecular formula is C20H22Cl2N2O4S. The zero-order valence-corrected chi connectivity index (χ0v) is 18.0. The summed E-state index contributed by atoms with van der Waals surface area (Å²) in [5, 5.41) is 1.05. The van der Waals surface area contributed by atoms with Gasteiger partial charge in [-0.1, -0.05) is 23.2 Å². The molecule has 1 atom stereocenters. The van der Waals surface area contributed by atoms with Crippen LogP contribution < -0.4 is 10.5 Å². The summed E-state index contributed by atoms with van der Waals surface area (Å²) in [6.07, 6.45) is 1.27. The molecule has 1 aliphatic heterocycles. The van der Waals surface area contributed by atoms with Gasteiger partial charge in [0.25, 0.3) is 0 Å². The van der Waals surface area contributed by atoms with E-state index < -0.39 is 21.3 Å². The smallest absolute Gasteiger partial charge is 0.243 e. The van der Waals surface area contributed by atoms with E-state index in [9.17, 15) is 13.2 Å². The maximum absolute atomic E-state index is 13.1. The summed E-state index contributed by atoms with van der Waals surface area (Å²) in [4.78, 5) is 11.9. The average Bonchev–Trinajstić information content (AvgIpc) is 2.67. The van der Waals surface area contributed by atoms with Crippen LogP contribution in [0.25, 0.3) is 0 Å². The minimum atomic E-state index is -3.72. The number of piperidine rings is 1. The number of rotatable bonds is 7. The van der Waals surface area contributed by atoms with Crippen molar-refractivity contribution in [3.63, 3.8) is 0 Å². The van der Waals surface area contributed by atoms with Crippen LogP contribution in [0.3, 0.4) is 0 Å². The van der Waals surface area contributed by atoms with Gasteiger partial charge < -0.3 is 10.5 Å². The first-order valence-electron chi connectivity index (χ1n) is 9.13. The molecule has 2 aromatic carbocycles. The molecule has 1 heterocycles. The van der Waals surface area contributed by atoms with E-state index in [1.54, 1.807) is 36.4 Å². The molecular weight excluding hydrogens is 435 g/mol. The van der Waals surface area contributed by atoms with Crippen LogP contribution in [-0.2, 0) is 14.8 Å². The van der Waals surface area contributed by atoms with Crippen LogP contribution in [0.15, 0.2) is 53.4 Å². The van der Waals surface area contributed by atoms with Gasteiger partial charge in [0.05, 0.1) is 11.5 Å². The van der Waals surface area contributed by atoms with Gasteiger partial charge in [-0.2, -0.15) is 4.31 Å². The lowest BCUT2D eigenvalue weighted by molar-refractivity contribution is -0.121. The first-order chi connectivity index (χ1) is 13.7. The second kappa shape index (κ2) is 8.92. The Labute approximate surface area is 180 Å². The number of benzene rings is 2. The molecule has 3 rings (SSSR count). The lowest BCUT2D eigenvalue weighted by atomic mass is 9.78. The molecule has 0 spiro atoms. The second-order valence-electron chi connectivity index (χ2n) is 7.28. The monoisotopic (exact) mass is 456 g/mol. The lowest BCUT2D eigenvalue weighted by Gasteiger charge is -2.41. The van der Waals surface area contributed by atoms with Crippen molar-refractivity contribution in [1.82, 2.24) is 4.31 Å². The van der Waals surface area contributed by atoms with Crippen LogP contribution in [0.4, 0.5) is 0 Å². The van der Waals surface area contributed by atoms with Crippen LogP contribution in [0, 0.1) is 5.41 Å². The molecule has 1 saturated heterocycles. The van der Waals surface area contributed by atoms with Crippen molar-refractivity contribution in [2.24, 2.45) is 11.1 Å². The number of carbonyl (C=O) groups excluding carboxylic acids is 1. The molecule has 0 radical (unpaired) electrons. The third-order valence-electron chi connectivity index (χ3n) is 4.99. The molecule has 1 aliphatic rings. The zero-order chi connectivity index (χ0) is 21.1. The van der Waals surface area contributed by atoms with Gasteiger partial charge in [-0.05, 0) is 61.4 Å². The van der Waals surface area contributed by atoms with Crippen LogP contribution in [-0.4, -0.2) is 38.3 Å². The predicted molar refractivity (Wildman–Crippen MR) is 113 cm³/mol. The largest absolute Gasteiger partial charge is 0.493 e. The molecule has 0 aliphatic carbocycles. The first-order valence-corrected chi connectivity index (χ1v) is 11.3. The number of nitrogens with zero attached hydrogens (tertiary/aromatic N) is 1. The fraction of sp³-hybridized carbons (Fsp3) is 0.350. The summed E-state index contributed by atoms with van der Waals surface area (Å²) in [7, 11) is -3.72. The molecule has 2 aromatic rings. The van der Waals surface area contributed by atoms with E-state index in [0.29, 0.717) is 35.2 Å². The lowest BCUT2D eigenvalue weighted by Crippen LogP contribution is -2.50. The maximum Gasteiger partial charge on any atom is 0.243 e. The van der Waals surface area contributed by atoms with Gasteiger partial charge in [0.1, 0.15) is 5.75 Å². The van der Waals surface area contributed by atoms with Gasteiger partial charge in [-0.25, -0.2) is 8.42 Å². The summed E-state index contributed by atoms with van der Waals surface area (Å²) in [6, 6.07) is 12.9. The quantitative estimate of drug-likeness (QED) is 0.687. The summed E-state index contributed by atoms with van der Waals surface area (Å²) in [6.45, 7) is 0.686. The number of amides is 1. The molecule has 9 heteroatoms. The highest BCUT2D eigenvalue weighted by atomic mass is 35.5. The topological polar surface area (TPSA) is 89.7 Å². The van der Waals surface area contributed by atoms with Crippen molar-refractivity contribution < 1.29 is 17.9 Å².